The van der Waals surface area contributed by atoms with Gasteiger partial charge in [-0.1, -0.05) is 30.3 Å². The second kappa shape index (κ2) is 8.74. The summed E-state index contributed by atoms with van der Waals surface area (Å²) in [5.41, 5.74) is 3.97. The fraction of sp³-hybridized carbons (Fsp3) is 0.444. The smallest absolute Gasteiger partial charge is 0.250 e. The fourth-order valence-electron chi connectivity index (χ4n) is 3.02. The molecule has 1 aromatic carbocycles. The van der Waals surface area contributed by atoms with Crippen molar-refractivity contribution in [1.82, 2.24) is 20.3 Å². The maximum Gasteiger partial charge on any atom is 0.250 e. The van der Waals surface area contributed by atoms with Crippen LogP contribution >= 0.6 is 0 Å². The lowest BCUT2D eigenvalue weighted by Crippen LogP contribution is -2.44. The van der Waals surface area contributed by atoms with Gasteiger partial charge < -0.3 is 19.9 Å². The molecule has 2 saturated heterocycles. The zero-order valence-corrected chi connectivity index (χ0v) is 15.2. The van der Waals surface area contributed by atoms with Crippen LogP contribution in [0.5, 0.6) is 0 Å². The number of hydrogen-bond donors (Lipinski definition) is 2. The van der Waals surface area contributed by atoms with Crippen molar-refractivity contribution in [2.75, 3.05) is 67.7 Å². The number of anilines is 3. The molecule has 1 aromatic heterocycles. The van der Waals surface area contributed by atoms with E-state index in [2.05, 4.69) is 35.6 Å². The topological polar surface area (TPSA) is 90.8 Å². The van der Waals surface area contributed by atoms with E-state index < -0.39 is 0 Å². The molecule has 0 atom stereocenters. The van der Waals surface area contributed by atoms with E-state index in [0.29, 0.717) is 31.1 Å². The number of aromatic nitrogens is 3. The summed E-state index contributed by atoms with van der Waals surface area (Å²) in [4.78, 5) is 18.1. The molecule has 2 fully saturated rings. The van der Waals surface area contributed by atoms with Gasteiger partial charge in [0.15, 0.2) is 0 Å². The normalized spacial score (nSPS) is 18.1. The van der Waals surface area contributed by atoms with Crippen molar-refractivity contribution in [1.29, 1.82) is 0 Å². The Hall–Kier alpha value is -2.78. The van der Waals surface area contributed by atoms with Gasteiger partial charge in [0, 0.05) is 39.3 Å². The van der Waals surface area contributed by atoms with Crippen LogP contribution in [-0.4, -0.2) is 73.6 Å². The SMILES string of the molecule is C(=N\Nc1nc(N2CCNCC2)nc(N2CCOCC2)n1)/c1ccccc1. The van der Waals surface area contributed by atoms with E-state index in [1.54, 1.807) is 6.21 Å². The lowest BCUT2D eigenvalue weighted by atomic mass is 10.2. The number of ether oxygens (including phenoxy) is 1. The fourth-order valence-corrected chi connectivity index (χ4v) is 3.02. The Morgan fingerprint density at radius 1 is 0.926 bits per heavy atom. The third kappa shape index (κ3) is 4.69. The molecule has 2 aliphatic heterocycles. The van der Waals surface area contributed by atoms with Crippen LogP contribution in [0.4, 0.5) is 17.8 Å². The lowest BCUT2D eigenvalue weighted by molar-refractivity contribution is 0.122. The second-order valence-corrected chi connectivity index (χ2v) is 6.38. The highest BCUT2D eigenvalue weighted by atomic mass is 16.5. The van der Waals surface area contributed by atoms with Crippen molar-refractivity contribution >= 4 is 24.1 Å². The van der Waals surface area contributed by atoms with Gasteiger partial charge in [-0.25, -0.2) is 5.43 Å². The standard InChI is InChI=1S/C18H24N8O/c1-2-4-15(5-3-1)14-20-24-16-21-17(25-8-6-19-7-9-25)23-18(22-16)26-10-12-27-13-11-26/h1-5,14,19H,6-13H2,(H,21,22,23,24)/b20-14+. The molecule has 9 nitrogen and oxygen atoms in total. The van der Waals surface area contributed by atoms with Gasteiger partial charge in [0.25, 0.3) is 0 Å². The van der Waals surface area contributed by atoms with Gasteiger partial charge in [0.05, 0.1) is 19.4 Å². The van der Waals surface area contributed by atoms with Crippen LogP contribution in [0, 0.1) is 0 Å². The molecule has 9 heteroatoms. The minimum atomic E-state index is 0.451. The van der Waals surface area contributed by atoms with E-state index in [4.69, 9.17) is 9.72 Å². The molecule has 0 saturated carbocycles. The Bertz CT molecular complexity index is 721. The van der Waals surface area contributed by atoms with Crippen LogP contribution in [-0.2, 0) is 4.74 Å². The first kappa shape index (κ1) is 17.6. The van der Waals surface area contributed by atoms with Crippen LogP contribution < -0.4 is 20.5 Å². The molecule has 0 radical (unpaired) electrons. The monoisotopic (exact) mass is 368 g/mol. The van der Waals surface area contributed by atoms with E-state index in [1.807, 2.05) is 30.3 Å². The quantitative estimate of drug-likeness (QED) is 0.585. The van der Waals surface area contributed by atoms with E-state index in [9.17, 15) is 0 Å². The number of rotatable bonds is 5. The minimum absolute atomic E-state index is 0.451. The summed E-state index contributed by atoms with van der Waals surface area (Å²) < 4.78 is 5.44. The van der Waals surface area contributed by atoms with Crippen molar-refractivity contribution in [3.63, 3.8) is 0 Å². The van der Waals surface area contributed by atoms with Crippen molar-refractivity contribution in [2.24, 2.45) is 5.10 Å². The molecule has 27 heavy (non-hydrogen) atoms. The molecule has 4 rings (SSSR count). The predicted octanol–water partition coefficient (Wildman–Crippen LogP) is 0.564. The maximum atomic E-state index is 5.44. The van der Waals surface area contributed by atoms with Gasteiger partial charge in [-0.2, -0.15) is 20.1 Å². The largest absolute Gasteiger partial charge is 0.378 e. The summed E-state index contributed by atoms with van der Waals surface area (Å²) in [7, 11) is 0. The van der Waals surface area contributed by atoms with Gasteiger partial charge in [0.1, 0.15) is 0 Å². The van der Waals surface area contributed by atoms with Crippen LogP contribution in [0.25, 0.3) is 0 Å². The first-order chi connectivity index (χ1) is 13.4. The highest BCUT2D eigenvalue weighted by Gasteiger charge is 2.20. The predicted molar refractivity (Wildman–Crippen MR) is 106 cm³/mol. The van der Waals surface area contributed by atoms with Crippen molar-refractivity contribution < 1.29 is 4.74 Å². The summed E-state index contributed by atoms with van der Waals surface area (Å²) >= 11 is 0. The van der Waals surface area contributed by atoms with Crippen molar-refractivity contribution in [3.05, 3.63) is 35.9 Å². The van der Waals surface area contributed by atoms with Gasteiger partial charge >= 0.3 is 0 Å². The summed E-state index contributed by atoms with van der Waals surface area (Å²) in [5.74, 6) is 1.80. The second-order valence-electron chi connectivity index (χ2n) is 6.38. The number of benzene rings is 1. The number of morpholine rings is 1. The average Bonchev–Trinajstić information content (AvgIpc) is 2.76. The zero-order valence-electron chi connectivity index (χ0n) is 15.2. The summed E-state index contributed by atoms with van der Waals surface area (Å²) in [5, 5.41) is 7.63. The Labute approximate surface area is 158 Å². The molecule has 0 aliphatic carbocycles. The molecule has 2 N–H and O–H groups in total. The molecule has 142 valence electrons. The molecule has 0 spiro atoms. The summed E-state index contributed by atoms with van der Waals surface area (Å²) in [6, 6.07) is 9.91. The molecular weight excluding hydrogens is 344 g/mol. The summed E-state index contributed by atoms with van der Waals surface area (Å²) in [6.45, 7) is 6.52. The average molecular weight is 368 g/mol. The highest BCUT2D eigenvalue weighted by molar-refractivity contribution is 5.79. The Morgan fingerprint density at radius 3 is 2.30 bits per heavy atom. The number of nitrogens with one attached hydrogen (secondary N) is 2. The van der Waals surface area contributed by atoms with E-state index in [0.717, 1.165) is 44.8 Å². The van der Waals surface area contributed by atoms with Gasteiger partial charge in [0.2, 0.25) is 17.8 Å². The Kier molecular flexibility index (Phi) is 5.70. The maximum absolute atomic E-state index is 5.44. The van der Waals surface area contributed by atoms with Crippen LogP contribution in [0.15, 0.2) is 35.4 Å². The Morgan fingerprint density at radius 2 is 1.59 bits per heavy atom. The van der Waals surface area contributed by atoms with Crippen LogP contribution in [0.1, 0.15) is 5.56 Å². The number of hydrogen-bond acceptors (Lipinski definition) is 9. The zero-order chi connectivity index (χ0) is 18.3. The van der Waals surface area contributed by atoms with Crippen LogP contribution in [0.2, 0.25) is 0 Å². The number of piperazine rings is 1. The van der Waals surface area contributed by atoms with Gasteiger partial charge in [-0.15, -0.1) is 0 Å². The van der Waals surface area contributed by atoms with E-state index in [-0.39, 0.29) is 0 Å². The Balaban J connectivity index is 1.55. The van der Waals surface area contributed by atoms with Crippen molar-refractivity contribution in [3.8, 4) is 0 Å². The van der Waals surface area contributed by atoms with Gasteiger partial charge in [-0.3, -0.25) is 0 Å². The number of hydrazone groups is 1. The first-order valence-corrected chi connectivity index (χ1v) is 9.27. The number of nitrogens with zero attached hydrogens (tertiary/aromatic N) is 6. The van der Waals surface area contributed by atoms with E-state index >= 15 is 0 Å². The third-order valence-corrected chi connectivity index (χ3v) is 4.48. The minimum Gasteiger partial charge on any atom is -0.378 e. The van der Waals surface area contributed by atoms with Crippen molar-refractivity contribution in [2.45, 2.75) is 0 Å². The summed E-state index contributed by atoms with van der Waals surface area (Å²) in [6.07, 6.45) is 1.75. The highest BCUT2D eigenvalue weighted by Crippen LogP contribution is 2.18. The molecule has 3 heterocycles. The van der Waals surface area contributed by atoms with E-state index in [1.165, 1.54) is 0 Å². The first-order valence-electron chi connectivity index (χ1n) is 9.27. The van der Waals surface area contributed by atoms with Gasteiger partial charge in [-0.05, 0) is 5.56 Å². The van der Waals surface area contributed by atoms with Crippen LogP contribution in [0.3, 0.4) is 0 Å². The molecule has 0 unspecified atom stereocenters. The molecule has 2 aliphatic rings. The third-order valence-electron chi connectivity index (χ3n) is 4.48. The molecule has 0 bridgehead atoms. The molecular formula is C18H24N8O. The molecule has 0 amide bonds. The lowest BCUT2D eigenvalue weighted by Gasteiger charge is -2.30. The molecule has 2 aromatic rings.